The molecule has 108 valence electrons. The van der Waals surface area contributed by atoms with E-state index in [1.165, 1.54) is 4.90 Å². The van der Waals surface area contributed by atoms with E-state index in [1.54, 1.807) is 0 Å². The van der Waals surface area contributed by atoms with Crippen LogP contribution in [0.2, 0.25) is 0 Å². The van der Waals surface area contributed by atoms with Crippen LogP contribution in [0.4, 0.5) is 4.39 Å². The highest BCUT2D eigenvalue weighted by molar-refractivity contribution is 5.83. The van der Waals surface area contributed by atoms with Gasteiger partial charge in [0.05, 0.1) is 6.54 Å². The third-order valence-electron chi connectivity index (χ3n) is 4.47. The van der Waals surface area contributed by atoms with Crippen LogP contribution in [0.1, 0.15) is 46.0 Å². The lowest BCUT2D eigenvalue weighted by Crippen LogP contribution is -2.42. The Kier molecular flexibility index (Phi) is 3.58. The minimum atomic E-state index is -2.25. The molecule has 0 bridgehead atoms. The Bertz CT molecular complexity index is 396. The molecule has 2 unspecified atom stereocenters. The van der Waals surface area contributed by atoms with Crippen LogP contribution in [0.15, 0.2) is 0 Å². The molecule has 0 aromatic carbocycles. The van der Waals surface area contributed by atoms with Crippen LogP contribution >= 0.6 is 0 Å². The first kappa shape index (κ1) is 14.3. The molecule has 0 spiro atoms. The van der Waals surface area contributed by atoms with Gasteiger partial charge in [-0.25, -0.2) is 9.18 Å². The maximum atomic E-state index is 14.0. The van der Waals surface area contributed by atoms with Crippen LogP contribution in [-0.4, -0.2) is 40.6 Å². The van der Waals surface area contributed by atoms with Crippen molar-refractivity contribution in [2.45, 2.75) is 51.6 Å². The summed E-state index contributed by atoms with van der Waals surface area (Å²) in [6.07, 6.45) is 3.68. The predicted molar refractivity (Wildman–Crippen MR) is 68.4 cm³/mol. The van der Waals surface area contributed by atoms with E-state index in [0.29, 0.717) is 0 Å². The first-order chi connectivity index (χ1) is 8.73. The fraction of sp³-hybridized carbons (Fsp3) is 0.857. The third kappa shape index (κ3) is 2.90. The van der Waals surface area contributed by atoms with Gasteiger partial charge in [0.2, 0.25) is 11.6 Å². The van der Waals surface area contributed by atoms with E-state index in [4.69, 9.17) is 5.11 Å². The highest BCUT2D eigenvalue weighted by Crippen LogP contribution is 2.40. The highest BCUT2D eigenvalue weighted by Gasteiger charge is 2.48. The van der Waals surface area contributed by atoms with Crippen molar-refractivity contribution in [1.82, 2.24) is 4.90 Å². The molecule has 1 amide bonds. The number of carboxylic acid groups (broad SMARTS) is 1. The summed E-state index contributed by atoms with van der Waals surface area (Å²) in [5.41, 5.74) is -2.10. The monoisotopic (exact) mass is 271 g/mol. The lowest BCUT2D eigenvalue weighted by Gasteiger charge is -2.36. The minimum absolute atomic E-state index is 0.0615. The first-order valence-corrected chi connectivity index (χ1v) is 6.95. The maximum Gasteiger partial charge on any atom is 0.343 e. The van der Waals surface area contributed by atoms with E-state index < -0.39 is 11.6 Å². The molecule has 2 atom stereocenters. The number of nitrogens with zero attached hydrogens (tertiary/aromatic N) is 1. The Morgan fingerprint density at radius 1 is 1.32 bits per heavy atom. The molecule has 1 heterocycles. The van der Waals surface area contributed by atoms with E-state index in [-0.39, 0.29) is 36.8 Å². The Hall–Kier alpha value is -1.13. The number of carbonyl (C=O) groups is 2. The Morgan fingerprint density at radius 2 is 2.00 bits per heavy atom. The summed E-state index contributed by atoms with van der Waals surface area (Å²) >= 11 is 0. The van der Waals surface area contributed by atoms with Crippen molar-refractivity contribution in [2.24, 2.45) is 11.3 Å². The Labute approximate surface area is 113 Å². The van der Waals surface area contributed by atoms with Gasteiger partial charge in [-0.3, -0.25) is 4.79 Å². The maximum absolute atomic E-state index is 14.0. The quantitative estimate of drug-likeness (QED) is 0.838. The Morgan fingerprint density at radius 3 is 2.53 bits per heavy atom. The summed E-state index contributed by atoms with van der Waals surface area (Å²) in [6.45, 7) is 4.22. The van der Waals surface area contributed by atoms with E-state index in [0.717, 1.165) is 25.7 Å². The summed E-state index contributed by atoms with van der Waals surface area (Å²) < 4.78 is 14.0. The van der Waals surface area contributed by atoms with Gasteiger partial charge in [-0.2, -0.15) is 0 Å². The molecule has 1 saturated heterocycles. The van der Waals surface area contributed by atoms with E-state index in [2.05, 4.69) is 13.8 Å². The number of likely N-dealkylation sites (tertiary alicyclic amines) is 1. The number of carbonyl (C=O) groups excluding carboxylic acids is 1. The fourth-order valence-electron chi connectivity index (χ4n) is 3.30. The van der Waals surface area contributed by atoms with E-state index in [9.17, 15) is 14.0 Å². The number of hydrogen-bond donors (Lipinski definition) is 1. The number of amides is 1. The van der Waals surface area contributed by atoms with Crippen LogP contribution < -0.4 is 0 Å². The SMILES string of the molecule is CC1(C)CCCC(C(=O)N2CCC(F)(C(=O)O)C2)C1. The molecule has 19 heavy (non-hydrogen) atoms. The molecule has 0 radical (unpaired) electrons. The number of hydrogen-bond acceptors (Lipinski definition) is 2. The smallest absolute Gasteiger partial charge is 0.343 e. The van der Waals surface area contributed by atoms with Crippen molar-refractivity contribution in [3.63, 3.8) is 0 Å². The van der Waals surface area contributed by atoms with Gasteiger partial charge in [-0.15, -0.1) is 0 Å². The van der Waals surface area contributed by atoms with E-state index >= 15 is 0 Å². The number of alkyl halides is 1. The number of carboxylic acids is 1. The largest absolute Gasteiger partial charge is 0.479 e. The number of rotatable bonds is 2. The standard InChI is InChI=1S/C14H22FNO3/c1-13(2)5-3-4-10(8-13)11(17)16-7-6-14(15,9-16)12(18)19/h10H,3-9H2,1-2H3,(H,18,19). The first-order valence-electron chi connectivity index (χ1n) is 6.95. The van der Waals surface area contributed by atoms with Gasteiger partial charge in [-0.1, -0.05) is 20.3 Å². The van der Waals surface area contributed by atoms with Gasteiger partial charge >= 0.3 is 5.97 Å². The number of halogens is 1. The Balaban J connectivity index is 2.00. The molecular weight excluding hydrogens is 249 g/mol. The molecule has 2 rings (SSSR count). The normalized spacial score (nSPS) is 34.3. The summed E-state index contributed by atoms with van der Waals surface area (Å²) in [4.78, 5) is 24.6. The fourth-order valence-corrected chi connectivity index (χ4v) is 3.30. The zero-order chi connectivity index (χ0) is 14.3. The average Bonchev–Trinajstić information content (AvgIpc) is 2.71. The lowest BCUT2D eigenvalue weighted by atomic mass is 9.72. The second kappa shape index (κ2) is 4.76. The number of aliphatic carboxylic acids is 1. The van der Waals surface area contributed by atoms with Crippen LogP contribution in [0.25, 0.3) is 0 Å². The van der Waals surface area contributed by atoms with Crippen molar-refractivity contribution < 1.29 is 19.1 Å². The van der Waals surface area contributed by atoms with Gasteiger partial charge in [0.15, 0.2) is 0 Å². The summed E-state index contributed by atoms with van der Waals surface area (Å²) in [5, 5.41) is 8.85. The predicted octanol–water partition coefficient (Wildman–Crippen LogP) is 2.23. The second-order valence-electron chi connectivity index (χ2n) is 6.74. The zero-order valence-electron chi connectivity index (χ0n) is 11.6. The van der Waals surface area contributed by atoms with Crippen molar-refractivity contribution >= 4 is 11.9 Å². The molecule has 1 saturated carbocycles. The average molecular weight is 271 g/mol. The van der Waals surface area contributed by atoms with Gasteiger partial charge in [0.25, 0.3) is 0 Å². The van der Waals surface area contributed by atoms with Gasteiger partial charge < -0.3 is 10.0 Å². The van der Waals surface area contributed by atoms with Crippen molar-refractivity contribution in [3.8, 4) is 0 Å². The molecule has 0 aromatic rings. The molecule has 1 aliphatic heterocycles. The van der Waals surface area contributed by atoms with E-state index in [1.807, 2.05) is 0 Å². The van der Waals surface area contributed by atoms with Crippen LogP contribution in [0.5, 0.6) is 0 Å². The van der Waals surface area contributed by atoms with Gasteiger partial charge in [0.1, 0.15) is 0 Å². The third-order valence-corrected chi connectivity index (χ3v) is 4.47. The van der Waals surface area contributed by atoms with Gasteiger partial charge in [-0.05, 0) is 24.7 Å². The summed E-state index contributed by atoms with van der Waals surface area (Å²) in [5.74, 6) is -1.58. The molecule has 5 heteroatoms. The van der Waals surface area contributed by atoms with Crippen LogP contribution in [-0.2, 0) is 9.59 Å². The molecular formula is C14H22FNO3. The lowest BCUT2D eigenvalue weighted by molar-refractivity contribution is -0.150. The van der Waals surface area contributed by atoms with Crippen molar-refractivity contribution in [1.29, 1.82) is 0 Å². The molecule has 2 fully saturated rings. The molecule has 2 aliphatic rings. The highest BCUT2D eigenvalue weighted by atomic mass is 19.1. The van der Waals surface area contributed by atoms with Crippen molar-refractivity contribution in [2.75, 3.05) is 13.1 Å². The zero-order valence-corrected chi connectivity index (χ0v) is 11.6. The van der Waals surface area contributed by atoms with Crippen LogP contribution in [0.3, 0.4) is 0 Å². The molecule has 1 N–H and O–H groups in total. The molecule has 4 nitrogen and oxygen atoms in total. The minimum Gasteiger partial charge on any atom is -0.479 e. The summed E-state index contributed by atoms with van der Waals surface area (Å²) in [7, 11) is 0. The molecule has 1 aliphatic carbocycles. The topological polar surface area (TPSA) is 57.6 Å². The van der Waals surface area contributed by atoms with Crippen LogP contribution in [0, 0.1) is 11.3 Å². The summed E-state index contributed by atoms with van der Waals surface area (Å²) in [6, 6.07) is 0. The van der Waals surface area contributed by atoms with Gasteiger partial charge in [0, 0.05) is 18.9 Å². The second-order valence-corrected chi connectivity index (χ2v) is 6.74. The molecule has 0 aromatic heterocycles. The van der Waals surface area contributed by atoms with Crippen molar-refractivity contribution in [3.05, 3.63) is 0 Å².